The molecule has 0 aliphatic carbocycles. The van der Waals surface area contributed by atoms with Crippen LogP contribution in [0.4, 0.5) is 0 Å². The summed E-state index contributed by atoms with van der Waals surface area (Å²) >= 11 is 5.91. The molecule has 1 rings (SSSR count). The van der Waals surface area contributed by atoms with Crippen molar-refractivity contribution in [3.05, 3.63) is 28.8 Å². The molecule has 0 spiro atoms. The van der Waals surface area contributed by atoms with Crippen LogP contribution in [0.25, 0.3) is 0 Å². The van der Waals surface area contributed by atoms with E-state index in [-0.39, 0.29) is 11.7 Å². The number of hydrogen-bond donors (Lipinski definition) is 0. The minimum absolute atomic E-state index is 0.0718. The van der Waals surface area contributed by atoms with E-state index in [9.17, 15) is 8.42 Å². The van der Waals surface area contributed by atoms with Crippen molar-refractivity contribution >= 4 is 31.3 Å². The molecule has 0 bridgehead atoms. The van der Waals surface area contributed by atoms with Crippen molar-refractivity contribution < 1.29 is 13.2 Å². The molecule has 0 heterocycles. The maximum atomic E-state index is 11.0. The minimum atomic E-state index is -3.48. The van der Waals surface area contributed by atoms with Gasteiger partial charge in [-0.3, -0.25) is 0 Å². The Morgan fingerprint density at radius 2 is 2.06 bits per heavy atom. The topological polar surface area (TPSA) is 43.4 Å². The smallest absolute Gasteiger partial charge is 0.232 e. The van der Waals surface area contributed by atoms with E-state index in [1.165, 1.54) is 0 Å². The Labute approximate surface area is 117 Å². The Morgan fingerprint density at radius 3 is 2.56 bits per heavy atom. The minimum Gasteiger partial charge on any atom is -0.493 e. The van der Waals surface area contributed by atoms with Crippen LogP contribution < -0.4 is 4.74 Å². The summed E-state index contributed by atoms with van der Waals surface area (Å²) in [6, 6.07) is 5.34. The quantitative estimate of drug-likeness (QED) is 0.754. The van der Waals surface area contributed by atoms with Gasteiger partial charge in [0.05, 0.1) is 12.4 Å². The number of hydrogen-bond acceptors (Lipinski definition) is 3. The van der Waals surface area contributed by atoms with Crippen molar-refractivity contribution in [2.24, 2.45) is 5.92 Å². The first kappa shape index (κ1) is 15.6. The molecular formula is C12H16Cl2O3S. The summed E-state index contributed by atoms with van der Waals surface area (Å²) in [6.07, 6.45) is 0.693. The molecule has 0 saturated heterocycles. The van der Waals surface area contributed by atoms with E-state index in [2.05, 4.69) is 0 Å². The van der Waals surface area contributed by atoms with Crippen molar-refractivity contribution in [3.63, 3.8) is 0 Å². The van der Waals surface area contributed by atoms with Gasteiger partial charge in [0.15, 0.2) is 0 Å². The largest absolute Gasteiger partial charge is 0.493 e. The van der Waals surface area contributed by atoms with Gasteiger partial charge < -0.3 is 4.74 Å². The van der Waals surface area contributed by atoms with Gasteiger partial charge in [-0.25, -0.2) is 8.42 Å². The highest BCUT2D eigenvalue weighted by Gasteiger charge is 2.16. The average Bonchev–Trinajstić information content (AvgIpc) is 2.27. The van der Waals surface area contributed by atoms with E-state index in [0.29, 0.717) is 23.8 Å². The van der Waals surface area contributed by atoms with E-state index in [1.54, 1.807) is 12.1 Å². The van der Waals surface area contributed by atoms with Crippen LogP contribution in [0.3, 0.4) is 0 Å². The first-order valence-corrected chi connectivity index (χ1v) is 8.48. The number of aryl methyl sites for hydroxylation is 1. The summed E-state index contributed by atoms with van der Waals surface area (Å²) < 4.78 is 27.6. The van der Waals surface area contributed by atoms with Crippen molar-refractivity contribution in [1.29, 1.82) is 0 Å². The Bertz CT molecular complexity index is 500. The lowest BCUT2D eigenvalue weighted by Gasteiger charge is -2.14. The fourth-order valence-corrected chi connectivity index (χ4v) is 3.03. The van der Waals surface area contributed by atoms with Gasteiger partial charge in [-0.1, -0.05) is 18.5 Å². The van der Waals surface area contributed by atoms with E-state index in [1.807, 2.05) is 19.9 Å². The summed E-state index contributed by atoms with van der Waals surface area (Å²) in [5.41, 5.74) is 0.923. The standard InChI is InChI=1S/C12H16Cl2O3S/c1-3-10(8-18(14,15)16)7-17-11-4-5-12(13)9(2)6-11/h4-6,10H,3,7-8H2,1-2H3. The Hall–Kier alpha value is -0.450. The van der Waals surface area contributed by atoms with Crippen molar-refractivity contribution in [3.8, 4) is 5.75 Å². The van der Waals surface area contributed by atoms with Crippen LogP contribution in [0.1, 0.15) is 18.9 Å². The van der Waals surface area contributed by atoms with E-state index < -0.39 is 9.05 Å². The van der Waals surface area contributed by atoms with Gasteiger partial charge in [0, 0.05) is 21.6 Å². The highest BCUT2D eigenvalue weighted by atomic mass is 35.7. The van der Waals surface area contributed by atoms with Crippen LogP contribution in [-0.4, -0.2) is 20.8 Å². The van der Waals surface area contributed by atoms with Crippen molar-refractivity contribution in [1.82, 2.24) is 0 Å². The van der Waals surface area contributed by atoms with Crippen LogP contribution in [-0.2, 0) is 9.05 Å². The van der Waals surface area contributed by atoms with Crippen LogP contribution in [0.5, 0.6) is 5.75 Å². The zero-order chi connectivity index (χ0) is 13.8. The monoisotopic (exact) mass is 310 g/mol. The molecule has 0 fully saturated rings. The third-order valence-corrected chi connectivity index (χ3v) is 4.30. The Morgan fingerprint density at radius 1 is 1.39 bits per heavy atom. The number of rotatable bonds is 6. The lowest BCUT2D eigenvalue weighted by atomic mass is 10.1. The zero-order valence-electron chi connectivity index (χ0n) is 10.3. The predicted molar refractivity (Wildman–Crippen MR) is 75.1 cm³/mol. The molecule has 102 valence electrons. The van der Waals surface area contributed by atoms with Gasteiger partial charge in [0.25, 0.3) is 0 Å². The Kier molecular flexibility index (Phi) is 5.76. The molecule has 1 aromatic carbocycles. The maximum absolute atomic E-state index is 11.0. The van der Waals surface area contributed by atoms with Crippen molar-refractivity contribution in [2.75, 3.05) is 12.4 Å². The normalized spacial score (nSPS) is 13.3. The SMILES string of the molecule is CCC(COc1ccc(Cl)c(C)c1)CS(=O)(=O)Cl. The molecule has 1 aromatic rings. The lowest BCUT2D eigenvalue weighted by Crippen LogP contribution is -2.19. The van der Waals surface area contributed by atoms with Gasteiger partial charge in [0.1, 0.15) is 5.75 Å². The van der Waals surface area contributed by atoms with E-state index >= 15 is 0 Å². The molecule has 0 N–H and O–H groups in total. The van der Waals surface area contributed by atoms with E-state index in [0.717, 1.165) is 5.56 Å². The highest BCUT2D eigenvalue weighted by molar-refractivity contribution is 8.13. The molecule has 0 radical (unpaired) electrons. The first-order chi connectivity index (χ1) is 8.31. The van der Waals surface area contributed by atoms with Crippen LogP contribution >= 0.6 is 22.3 Å². The van der Waals surface area contributed by atoms with Gasteiger partial charge in [-0.15, -0.1) is 0 Å². The summed E-state index contributed by atoms with van der Waals surface area (Å²) in [6.45, 7) is 4.11. The van der Waals surface area contributed by atoms with Crippen LogP contribution in [0, 0.1) is 12.8 Å². The van der Waals surface area contributed by atoms with Gasteiger partial charge in [-0.2, -0.15) is 0 Å². The molecule has 1 unspecified atom stereocenters. The predicted octanol–water partition coefficient (Wildman–Crippen LogP) is 3.62. The molecule has 1 atom stereocenters. The molecule has 0 aliphatic heterocycles. The first-order valence-electron chi connectivity index (χ1n) is 5.63. The molecule has 0 aromatic heterocycles. The summed E-state index contributed by atoms with van der Waals surface area (Å²) in [5, 5.41) is 0.678. The van der Waals surface area contributed by atoms with E-state index in [4.69, 9.17) is 27.0 Å². The van der Waals surface area contributed by atoms with Gasteiger partial charge >= 0.3 is 0 Å². The second-order valence-electron chi connectivity index (χ2n) is 4.20. The second kappa shape index (κ2) is 6.64. The fourth-order valence-electron chi connectivity index (χ4n) is 1.49. The third kappa shape index (κ3) is 5.46. The third-order valence-electron chi connectivity index (χ3n) is 2.63. The number of halogens is 2. The molecule has 0 saturated carbocycles. The summed E-state index contributed by atoms with van der Waals surface area (Å²) in [7, 11) is 1.75. The Balaban J connectivity index is 2.60. The average molecular weight is 311 g/mol. The second-order valence-corrected chi connectivity index (χ2v) is 7.43. The molecule has 0 aliphatic rings. The molecule has 18 heavy (non-hydrogen) atoms. The van der Waals surface area contributed by atoms with Crippen LogP contribution in [0.2, 0.25) is 5.02 Å². The zero-order valence-corrected chi connectivity index (χ0v) is 12.6. The van der Waals surface area contributed by atoms with Crippen LogP contribution in [0.15, 0.2) is 18.2 Å². The van der Waals surface area contributed by atoms with Gasteiger partial charge in [0.2, 0.25) is 9.05 Å². The lowest BCUT2D eigenvalue weighted by molar-refractivity contribution is 0.258. The fraction of sp³-hybridized carbons (Fsp3) is 0.500. The van der Waals surface area contributed by atoms with Gasteiger partial charge in [-0.05, 0) is 37.1 Å². The molecule has 6 heteroatoms. The molecule has 0 amide bonds. The maximum Gasteiger partial charge on any atom is 0.232 e. The molecule has 3 nitrogen and oxygen atoms in total. The summed E-state index contributed by atoms with van der Waals surface area (Å²) in [4.78, 5) is 0. The number of ether oxygens (including phenoxy) is 1. The summed E-state index contributed by atoms with van der Waals surface area (Å²) in [5.74, 6) is 0.503. The van der Waals surface area contributed by atoms with Crippen molar-refractivity contribution in [2.45, 2.75) is 20.3 Å². The molecular weight excluding hydrogens is 295 g/mol. The number of benzene rings is 1. The highest BCUT2D eigenvalue weighted by Crippen LogP contribution is 2.22.